The van der Waals surface area contributed by atoms with Crippen molar-refractivity contribution in [2.75, 3.05) is 13.1 Å². The number of nitrogens with one attached hydrogen (secondary N) is 1. The minimum absolute atomic E-state index is 0.0731. The molecule has 1 atom stereocenters. The fourth-order valence-corrected chi connectivity index (χ4v) is 2.96. The first-order valence-corrected chi connectivity index (χ1v) is 7.09. The van der Waals surface area contributed by atoms with E-state index in [-0.39, 0.29) is 11.3 Å². The van der Waals surface area contributed by atoms with Crippen molar-refractivity contribution in [1.82, 2.24) is 5.32 Å². The first-order valence-electron chi connectivity index (χ1n) is 6.30. The van der Waals surface area contributed by atoms with E-state index in [0.717, 1.165) is 25.8 Å². The van der Waals surface area contributed by atoms with Crippen LogP contribution in [0.15, 0.2) is 22.7 Å². The first-order chi connectivity index (χ1) is 8.60. The van der Waals surface area contributed by atoms with Gasteiger partial charge in [0.25, 0.3) is 0 Å². The van der Waals surface area contributed by atoms with Gasteiger partial charge in [-0.15, -0.1) is 0 Å². The molecule has 0 radical (unpaired) electrons. The average molecular weight is 314 g/mol. The minimum atomic E-state index is -0.445. The smallest absolute Gasteiger partial charge is 0.173 e. The number of rotatable bonds is 3. The normalized spacial score (nSPS) is 23.9. The number of Topliss-reactive ketones (excluding diaryl/α,β-unsaturated/α-hetero) is 1. The molecule has 1 unspecified atom stereocenters. The highest BCUT2D eigenvalue weighted by Gasteiger charge is 2.39. The second-order valence-electron chi connectivity index (χ2n) is 4.84. The van der Waals surface area contributed by atoms with Crippen LogP contribution in [0.3, 0.4) is 0 Å². The van der Waals surface area contributed by atoms with Crippen LogP contribution >= 0.6 is 15.9 Å². The number of benzene rings is 1. The molecule has 18 heavy (non-hydrogen) atoms. The third-order valence-electron chi connectivity index (χ3n) is 3.83. The molecule has 2 rings (SSSR count). The molecule has 4 heteroatoms. The molecule has 1 fully saturated rings. The van der Waals surface area contributed by atoms with Gasteiger partial charge in [-0.25, -0.2) is 4.39 Å². The zero-order valence-corrected chi connectivity index (χ0v) is 12.0. The number of piperidine rings is 1. The summed E-state index contributed by atoms with van der Waals surface area (Å²) in [6.07, 6.45) is 2.54. The molecule has 1 aromatic carbocycles. The Morgan fingerprint density at radius 2 is 2.33 bits per heavy atom. The van der Waals surface area contributed by atoms with Gasteiger partial charge in [0.2, 0.25) is 0 Å². The van der Waals surface area contributed by atoms with E-state index in [0.29, 0.717) is 11.0 Å². The molecule has 1 aliphatic rings. The van der Waals surface area contributed by atoms with Crippen LogP contribution in [0.25, 0.3) is 0 Å². The van der Waals surface area contributed by atoms with E-state index in [4.69, 9.17) is 0 Å². The van der Waals surface area contributed by atoms with E-state index in [2.05, 4.69) is 21.2 Å². The van der Waals surface area contributed by atoms with Crippen LogP contribution in [-0.4, -0.2) is 18.9 Å². The summed E-state index contributed by atoms with van der Waals surface area (Å²) in [5.74, 6) is -0.517. The summed E-state index contributed by atoms with van der Waals surface area (Å²) in [4.78, 5) is 12.6. The number of carbonyl (C=O) groups excluding carboxylic acids is 1. The molecule has 98 valence electrons. The molecule has 1 aromatic rings. The molecule has 1 N–H and O–H groups in total. The van der Waals surface area contributed by atoms with Crippen molar-refractivity contribution in [3.63, 3.8) is 0 Å². The van der Waals surface area contributed by atoms with Crippen molar-refractivity contribution in [2.24, 2.45) is 5.41 Å². The third kappa shape index (κ3) is 2.36. The molecule has 0 aliphatic carbocycles. The highest BCUT2D eigenvalue weighted by molar-refractivity contribution is 9.10. The summed E-state index contributed by atoms with van der Waals surface area (Å²) in [6.45, 7) is 3.59. The lowest BCUT2D eigenvalue weighted by Crippen LogP contribution is -2.45. The summed E-state index contributed by atoms with van der Waals surface area (Å²) < 4.78 is 14.4. The molecule has 0 amide bonds. The van der Waals surface area contributed by atoms with Crippen LogP contribution in [0.5, 0.6) is 0 Å². The van der Waals surface area contributed by atoms with Crippen molar-refractivity contribution in [1.29, 1.82) is 0 Å². The van der Waals surface area contributed by atoms with Crippen LogP contribution in [0.2, 0.25) is 0 Å². The highest BCUT2D eigenvalue weighted by Crippen LogP contribution is 2.35. The van der Waals surface area contributed by atoms with Gasteiger partial charge in [0, 0.05) is 12.0 Å². The van der Waals surface area contributed by atoms with Gasteiger partial charge in [0.05, 0.1) is 10.0 Å². The van der Waals surface area contributed by atoms with Gasteiger partial charge < -0.3 is 5.32 Å². The summed E-state index contributed by atoms with van der Waals surface area (Å²) in [6, 6.07) is 4.90. The van der Waals surface area contributed by atoms with Crippen molar-refractivity contribution >= 4 is 21.7 Å². The zero-order valence-electron chi connectivity index (χ0n) is 10.4. The summed E-state index contributed by atoms with van der Waals surface area (Å²) >= 11 is 3.14. The van der Waals surface area contributed by atoms with Crippen molar-refractivity contribution in [2.45, 2.75) is 26.2 Å². The van der Waals surface area contributed by atoms with E-state index < -0.39 is 11.2 Å². The fraction of sp³-hybridized carbons (Fsp3) is 0.500. The SMILES string of the molecule is CCC1(C(=O)c2cccc(Br)c2F)CCCNC1. The van der Waals surface area contributed by atoms with Gasteiger partial charge >= 0.3 is 0 Å². The molecule has 0 spiro atoms. The quantitative estimate of drug-likeness (QED) is 0.865. The molecule has 0 aromatic heterocycles. The number of hydrogen-bond donors (Lipinski definition) is 1. The van der Waals surface area contributed by atoms with Crippen LogP contribution in [-0.2, 0) is 0 Å². The predicted molar refractivity (Wildman–Crippen MR) is 73.3 cm³/mol. The zero-order chi connectivity index (χ0) is 13.2. The number of carbonyl (C=O) groups is 1. The Balaban J connectivity index is 2.37. The predicted octanol–water partition coefficient (Wildman–Crippen LogP) is 3.55. The third-order valence-corrected chi connectivity index (χ3v) is 4.44. The minimum Gasteiger partial charge on any atom is -0.316 e. The van der Waals surface area contributed by atoms with Gasteiger partial charge in [0.1, 0.15) is 5.82 Å². The molecule has 1 heterocycles. The Bertz CT molecular complexity index is 455. The van der Waals surface area contributed by atoms with Gasteiger partial charge in [-0.1, -0.05) is 13.0 Å². The maximum atomic E-state index is 14.0. The molecule has 0 saturated carbocycles. The highest BCUT2D eigenvalue weighted by atomic mass is 79.9. The van der Waals surface area contributed by atoms with Crippen LogP contribution in [0.1, 0.15) is 36.5 Å². The van der Waals surface area contributed by atoms with Crippen LogP contribution in [0.4, 0.5) is 4.39 Å². The van der Waals surface area contributed by atoms with Crippen molar-refractivity contribution in [3.05, 3.63) is 34.1 Å². The van der Waals surface area contributed by atoms with E-state index in [1.165, 1.54) is 0 Å². The second kappa shape index (κ2) is 5.49. The summed E-state index contributed by atoms with van der Waals surface area (Å²) in [7, 11) is 0. The second-order valence-corrected chi connectivity index (χ2v) is 5.70. The number of halogens is 2. The monoisotopic (exact) mass is 313 g/mol. The molecule has 2 nitrogen and oxygen atoms in total. The Kier molecular flexibility index (Phi) is 4.17. The van der Waals surface area contributed by atoms with Crippen molar-refractivity contribution < 1.29 is 9.18 Å². The lowest BCUT2D eigenvalue weighted by molar-refractivity contribution is 0.0726. The lowest BCUT2D eigenvalue weighted by Gasteiger charge is -2.35. The Labute approximate surface area is 115 Å². The van der Waals surface area contributed by atoms with E-state index in [1.54, 1.807) is 18.2 Å². The van der Waals surface area contributed by atoms with Gasteiger partial charge in [-0.2, -0.15) is 0 Å². The van der Waals surface area contributed by atoms with Gasteiger partial charge in [0.15, 0.2) is 5.78 Å². The van der Waals surface area contributed by atoms with Gasteiger partial charge in [-0.05, 0) is 53.9 Å². The number of ketones is 1. The largest absolute Gasteiger partial charge is 0.316 e. The maximum Gasteiger partial charge on any atom is 0.173 e. The standard InChI is InChI=1S/C14H17BrFNO/c1-2-14(7-4-8-17-9-14)13(18)10-5-3-6-11(15)12(10)16/h3,5-6,17H,2,4,7-9H2,1H3. The van der Waals surface area contributed by atoms with E-state index in [9.17, 15) is 9.18 Å². The van der Waals surface area contributed by atoms with E-state index in [1.807, 2.05) is 6.92 Å². The molecular weight excluding hydrogens is 297 g/mol. The molecule has 1 saturated heterocycles. The Morgan fingerprint density at radius 3 is 2.94 bits per heavy atom. The summed E-state index contributed by atoms with van der Waals surface area (Å²) in [5.41, 5.74) is -0.241. The topological polar surface area (TPSA) is 29.1 Å². The van der Waals surface area contributed by atoms with Crippen LogP contribution in [0, 0.1) is 11.2 Å². The first kappa shape index (κ1) is 13.7. The Hall–Kier alpha value is -0.740. The van der Waals surface area contributed by atoms with Crippen LogP contribution < -0.4 is 5.32 Å². The lowest BCUT2D eigenvalue weighted by atomic mass is 9.72. The summed E-state index contributed by atoms with van der Waals surface area (Å²) in [5, 5.41) is 3.26. The fourth-order valence-electron chi connectivity index (χ4n) is 2.59. The number of hydrogen-bond acceptors (Lipinski definition) is 2. The molecular formula is C14H17BrFNO. The van der Waals surface area contributed by atoms with Gasteiger partial charge in [-0.3, -0.25) is 4.79 Å². The molecule has 0 bridgehead atoms. The van der Waals surface area contributed by atoms with E-state index >= 15 is 0 Å². The van der Waals surface area contributed by atoms with Crippen molar-refractivity contribution in [3.8, 4) is 0 Å². The average Bonchev–Trinajstić information content (AvgIpc) is 2.42. The Morgan fingerprint density at radius 1 is 1.56 bits per heavy atom. The molecule has 1 aliphatic heterocycles. The maximum absolute atomic E-state index is 14.0.